The van der Waals surface area contributed by atoms with Crippen molar-refractivity contribution in [2.45, 2.75) is 6.42 Å². The molecule has 6 nitrogen and oxygen atoms in total. The number of amides is 2. The van der Waals surface area contributed by atoms with Crippen LogP contribution in [-0.2, 0) is 9.53 Å². The van der Waals surface area contributed by atoms with Crippen molar-refractivity contribution in [3.63, 3.8) is 0 Å². The fourth-order valence-corrected chi connectivity index (χ4v) is 1.33. The molecule has 0 fully saturated rings. The van der Waals surface area contributed by atoms with E-state index in [1.807, 2.05) is 12.2 Å². The Morgan fingerprint density at radius 3 is 2.88 bits per heavy atom. The summed E-state index contributed by atoms with van der Waals surface area (Å²) in [5, 5.41) is 11.0. The van der Waals surface area contributed by atoms with Gasteiger partial charge in [-0.3, -0.25) is 0 Å². The molecule has 90 valence electrons. The molecule has 0 radical (unpaired) electrons. The number of carbonyl (C=O) groups excluding carboxylic acids is 1. The molecule has 2 amide bonds. The maximum atomic E-state index is 11.5. The molecule has 1 aliphatic rings. The number of ether oxygens (including phenoxy) is 1. The minimum Gasteiger partial charge on any atom is -0.480 e. The van der Waals surface area contributed by atoms with E-state index in [2.05, 4.69) is 5.32 Å². The van der Waals surface area contributed by atoms with Crippen LogP contribution in [0.5, 0.6) is 0 Å². The van der Waals surface area contributed by atoms with Crippen LogP contribution in [0.25, 0.3) is 0 Å². The van der Waals surface area contributed by atoms with Crippen LogP contribution < -0.4 is 5.32 Å². The summed E-state index contributed by atoms with van der Waals surface area (Å²) in [7, 11) is 0. The predicted octanol–water partition coefficient (Wildman–Crippen LogP) is 0.0591. The second-order valence-corrected chi connectivity index (χ2v) is 3.38. The summed E-state index contributed by atoms with van der Waals surface area (Å²) < 4.78 is 4.79. The van der Waals surface area contributed by atoms with E-state index in [-0.39, 0.29) is 19.2 Å². The van der Waals surface area contributed by atoms with E-state index < -0.39 is 5.97 Å². The monoisotopic (exact) mass is 228 g/mol. The van der Waals surface area contributed by atoms with Crippen LogP contribution in [0.4, 0.5) is 4.79 Å². The first-order chi connectivity index (χ1) is 7.70. The quantitative estimate of drug-likeness (QED) is 0.515. The number of hydrogen-bond acceptors (Lipinski definition) is 3. The Hall–Kier alpha value is -1.56. The van der Waals surface area contributed by atoms with Crippen molar-refractivity contribution in [3.8, 4) is 0 Å². The molecule has 0 aromatic rings. The molecule has 0 spiro atoms. The largest absolute Gasteiger partial charge is 0.480 e. The van der Waals surface area contributed by atoms with E-state index in [1.54, 1.807) is 4.90 Å². The van der Waals surface area contributed by atoms with Gasteiger partial charge in [0.1, 0.15) is 6.61 Å². The summed E-state index contributed by atoms with van der Waals surface area (Å²) in [6.07, 6.45) is 4.87. The van der Waals surface area contributed by atoms with Crippen LogP contribution in [0, 0.1) is 0 Å². The minimum absolute atomic E-state index is 0.136. The molecule has 16 heavy (non-hydrogen) atoms. The van der Waals surface area contributed by atoms with Gasteiger partial charge in [0.15, 0.2) is 0 Å². The number of hydrogen-bond donors (Lipinski definition) is 2. The van der Waals surface area contributed by atoms with Gasteiger partial charge < -0.3 is 20.1 Å². The zero-order valence-corrected chi connectivity index (χ0v) is 9.02. The lowest BCUT2D eigenvalue weighted by Gasteiger charge is -2.23. The number of carboxylic acids is 1. The summed E-state index contributed by atoms with van der Waals surface area (Å²) in [4.78, 5) is 23.3. The maximum absolute atomic E-state index is 11.5. The van der Waals surface area contributed by atoms with E-state index in [0.29, 0.717) is 13.1 Å². The van der Waals surface area contributed by atoms with E-state index in [9.17, 15) is 9.59 Å². The van der Waals surface area contributed by atoms with Crippen molar-refractivity contribution in [1.29, 1.82) is 0 Å². The molecule has 6 heteroatoms. The van der Waals surface area contributed by atoms with Crippen LogP contribution in [0.1, 0.15) is 6.42 Å². The van der Waals surface area contributed by atoms with Gasteiger partial charge in [0, 0.05) is 19.6 Å². The zero-order valence-electron chi connectivity index (χ0n) is 9.02. The molecule has 0 aromatic carbocycles. The van der Waals surface area contributed by atoms with Crippen molar-refractivity contribution >= 4 is 12.0 Å². The summed E-state index contributed by atoms with van der Waals surface area (Å²) in [6.45, 7) is 1.55. The lowest BCUT2D eigenvalue weighted by Crippen LogP contribution is -2.42. The molecular weight excluding hydrogens is 212 g/mol. The van der Waals surface area contributed by atoms with Crippen molar-refractivity contribution in [3.05, 3.63) is 12.2 Å². The first kappa shape index (κ1) is 12.5. The molecule has 1 aliphatic heterocycles. The highest BCUT2D eigenvalue weighted by molar-refractivity contribution is 5.74. The number of nitrogens with one attached hydrogen (secondary N) is 1. The Bertz CT molecular complexity index is 278. The Morgan fingerprint density at radius 2 is 2.25 bits per heavy atom. The van der Waals surface area contributed by atoms with Gasteiger partial charge in [-0.2, -0.15) is 0 Å². The fraction of sp³-hybridized carbons (Fsp3) is 0.600. The van der Waals surface area contributed by atoms with Crippen molar-refractivity contribution < 1.29 is 19.4 Å². The average Bonchev–Trinajstić information content (AvgIpc) is 2.29. The van der Waals surface area contributed by atoms with Crippen LogP contribution >= 0.6 is 0 Å². The average molecular weight is 228 g/mol. The van der Waals surface area contributed by atoms with Crippen LogP contribution in [0.2, 0.25) is 0 Å². The molecule has 0 saturated carbocycles. The molecule has 0 bridgehead atoms. The Balaban J connectivity index is 2.06. The number of carbonyl (C=O) groups is 2. The molecule has 0 atom stereocenters. The molecule has 1 heterocycles. The standard InChI is InChI=1S/C10H16N2O4/c13-9(14)8-16-7-4-11-10(15)12-5-2-1-3-6-12/h1-2H,3-8H2,(H,11,15)(H,13,14). The molecule has 1 rings (SSSR count). The van der Waals surface area contributed by atoms with Gasteiger partial charge in [0.25, 0.3) is 0 Å². The highest BCUT2D eigenvalue weighted by Gasteiger charge is 2.12. The fourth-order valence-electron chi connectivity index (χ4n) is 1.33. The smallest absolute Gasteiger partial charge is 0.329 e. The number of urea groups is 1. The Morgan fingerprint density at radius 1 is 1.44 bits per heavy atom. The zero-order chi connectivity index (χ0) is 11.8. The van der Waals surface area contributed by atoms with Crippen molar-refractivity contribution in [1.82, 2.24) is 10.2 Å². The van der Waals surface area contributed by atoms with Crippen LogP contribution in [-0.4, -0.2) is 54.9 Å². The number of aliphatic carboxylic acids is 1. The Labute approximate surface area is 93.9 Å². The van der Waals surface area contributed by atoms with E-state index in [1.165, 1.54) is 0 Å². The first-order valence-electron chi connectivity index (χ1n) is 5.17. The highest BCUT2D eigenvalue weighted by Crippen LogP contribution is 2.00. The van der Waals surface area contributed by atoms with Gasteiger partial charge in [-0.05, 0) is 6.42 Å². The number of nitrogens with zero attached hydrogens (tertiary/aromatic N) is 1. The second kappa shape index (κ2) is 6.84. The summed E-state index contributed by atoms with van der Waals surface area (Å²) in [5.41, 5.74) is 0. The SMILES string of the molecule is O=C(O)COCCNC(=O)N1CC=CCC1. The maximum Gasteiger partial charge on any atom is 0.329 e. The van der Waals surface area contributed by atoms with Gasteiger partial charge in [0.05, 0.1) is 6.61 Å². The predicted molar refractivity (Wildman–Crippen MR) is 57.2 cm³/mol. The topological polar surface area (TPSA) is 78.9 Å². The third kappa shape index (κ3) is 4.79. The van der Waals surface area contributed by atoms with Crippen molar-refractivity contribution in [2.75, 3.05) is 32.8 Å². The molecular formula is C10H16N2O4. The lowest BCUT2D eigenvalue weighted by atomic mass is 10.3. The second-order valence-electron chi connectivity index (χ2n) is 3.38. The van der Waals surface area contributed by atoms with Gasteiger partial charge in [-0.1, -0.05) is 12.2 Å². The van der Waals surface area contributed by atoms with Crippen LogP contribution in [0.3, 0.4) is 0 Å². The first-order valence-corrected chi connectivity index (χ1v) is 5.17. The normalized spacial score (nSPS) is 14.9. The molecule has 2 N–H and O–H groups in total. The molecule has 0 aromatic heterocycles. The van der Waals surface area contributed by atoms with E-state index in [0.717, 1.165) is 13.0 Å². The summed E-state index contributed by atoms with van der Waals surface area (Å²) >= 11 is 0. The third-order valence-corrected chi connectivity index (χ3v) is 2.09. The van der Waals surface area contributed by atoms with Gasteiger partial charge in [-0.15, -0.1) is 0 Å². The third-order valence-electron chi connectivity index (χ3n) is 2.09. The van der Waals surface area contributed by atoms with E-state index >= 15 is 0 Å². The van der Waals surface area contributed by atoms with E-state index in [4.69, 9.17) is 9.84 Å². The highest BCUT2D eigenvalue weighted by atomic mass is 16.5. The van der Waals surface area contributed by atoms with Gasteiger partial charge in [-0.25, -0.2) is 9.59 Å². The van der Waals surface area contributed by atoms with Gasteiger partial charge >= 0.3 is 12.0 Å². The number of carboxylic acid groups (broad SMARTS) is 1. The van der Waals surface area contributed by atoms with Crippen LogP contribution in [0.15, 0.2) is 12.2 Å². The minimum atomic E-state index is -1.01. The number of rotatable bonds is 5. The molecule has 0 aliphatic carbocycles. The molecule has 0 unspecified atom stereocenters. The van der Waals surface area contributed by atoms with Crippen molar-refractivity contribution in [2.24, 2.45) is 0 Å². The molecule has 0 saturated heterocycles. The summed E-state index contributed by atoms with van der Waals surface area (Å²) in [5.74, 6) is -1.01. The summed E-state index contributed by atoms with van der Waals surface area (Å²) in [6, 6.07) is -0.136. The Kier molecular flexibility index (Phi) is 5.35. The lowest BCUT2D eigenvalue weighted by molar-refractivity contribution is -0.142. The van der Waals surface area contributed by atoms with Gasteiger partial charge in [0.2, 0.25) is 0 Å².